The molecule has 0 bridgehead atoms. The van der Waals surface area contributed by atoms with Gasteiger partial charge < -0.3 is 9.47 Å². The molecule has 0 aliphatic rings. The SMILES string of the molecule is CCCCCCCCOc1ccc(C)cc1Cc1ccc(OCCCCCCCC)c(C(C)c2nc3c(Cl)c(C)[nH]n3n2)c1. The first kappa shape index (κ1) is 33.9. The molecule has 0 spiro atoms. The topological polar surface area (TPSA) is 64.4 Å². The number of aromatic amines is 1. The van der Waals surface area contributed by atoms with E-state index in [0.717, 1.165) is 54.5 Å². The summed E-state index contributed by atoms with van der Waals surface area (Å²) < 4.78 is 14.4. The molecule has 0 saturated heterocycles. The number of benzene rings is 2. The minimum atomic E-state index is -0.0693. The molecule has 0 aliphatic carbocycles. The van der Waals surface area contributed by atoms with Crippen LogP contribution < -0.4 is 9.47 Å². The van der Waals surface area contributed by atoms with Crippen LogP contribution in [-0.2, 0) is 6.42 Å². The molecule has 1 N–H and O–H groups in total. The van der Waals surface area contributed by atoms with Crippen LogP contribution in [0, 0.1) is 13.8 Å². The number of halogens is 1. The van der Waals surface area contributed by atoms with Crippen LogP contribution in [0.25, 0.3) is 5.65 Å². The predicted octanol–water partition coefficient (Wildman–Crippen LogP) is 10.5. The van der Waals surface area contributed by atoms with Gasteiger partial charge in [0.15, 0.2) is 11.5 Å². The fraction of sp³-hybridized carbons (Fsp3) is 0.568. The van der Waals surface area contributed by atoms with Crippen molar-refractivity contribution in [3.05, 3.63) is 75.2 Å². The van der Waals surface area contributed by atoms with Gasteiger partial charge in [-0.05, 0) is 49.9 Å². The zero-order chi connectivity index (χ0) is 31.3. The van der Waals surface area contributed by atoms with Crippen molar-refractivity contribution in [3.8, 4) is 11.5 Å². The standard InChI is InChI=1S/C37H53ClN4O2/c1-6-8-10-12-14-16-22-43-33-20-18-27(3)24-31(33)25-30-19-21-34(44-23-17-15-13-11-9-7-2)32(26-30)28(4)36-39-37-35(38)29(5)40-42(37)41-36/h18-21,24,26,28,40H,6-17,22-23,25H2,1-5H3. The third kappa shape index (κ3) is 9.50. The van der Waals surface area contributed by atoms with Crippen LogP contribution in [0.5, 0.6) is 11.5 Å². The number of rotatable bonds is 20. The maximum absolute atomic E-state index is 6.49. The summed E-state index contributed by atoms with van der Waals surface area (Å²) in [6, 6.07) is 13.1. The largest absolute Gasteiger partial charge is 0.493 e. The minimum Gasteiger partial charge on any atom is -0.493 e. The van der Waals surface area contributed by atoms with Crippen LogP contribution >= 0.6 is 11.6 Å². The van der Waals surface area contributed by atoms with E-state index in [2.05, 4.69) is 69.2 Å². The van der Waals surface area contributed by atoms with E-state index in [9.17, 15) is 0 Å². The highest BCUT2D eigenvalue weighted by molar-refractivity contribution is 6.34. The Labute approximate surface area is 269 Å². The molecule has 1 unspecified atom stereocenters. The summed E-state index contributed by atoms with van der Waals surface area (Å²) in [5.74, 6) is 2.54. The number of hydrogen-bond acceptors (Lipinski definition) is 4. The van der Waals surface area contributed by atoms with E-state index in [0.29, 0.717) is 17.3 Å². The van der Waals surface area contributed by atoms with Crippen molar-refractivity contribution in [2.24, 2.45) is 0 Å². The predicted molar refractivity (Wildman–Crippen MR) is 183 cm³/mol. The average molecular weight is 621 g/mol. The number of aryl methyl sites for hydroxylation is 2. The van der Waals surface area contributed by atoms with Gasteiger partial charge in [0.05, 0.1) is 18.9 Å². The Hall–Kier alpha value is -2.99. The molecule has 2 heterocycles. The summed E-state index contributed by atoms with van der Waals surface area (Å²) in [5, 5.41) is 8.54. The second kappa shape index (κ2) is 17.5. The van der Waals surface area contributed by atoms with Crippen molar-refractivity contribution >= 4 is 17.2 Å². The van der Waals surface area contributed by atoms with Crippen molar-refractivity contribution in [2.45, 2.75) is 124 Å². The van der Waals surface area contributed by atoms with Gasteiger partial charge in [-0.1, -0.05) is 126 Å². The lowest BCUT2D eigenvalue weighted by Crippen LogP contribution is -2.07. The molecule has 0 fully saturated rings. The molecule has 44 heavy (non-hydrogen) atoms. The molecule has 0 amide bonds. The van der Waals surface area contributed by atoms with Crippen molar-refractivity contribution in [3.63, 3.8) is 0 Å². The fourth-order valence-electron chi connectivity index (χ4n) is 5.76. The molecule has 0 saturated carbocycles. The molecule has 0 aliphatic heterocycles. The number of hydrogen-bond donors (Lipinski definition) is 1. The average Bonchev–Trinajstić information content (AvgIpc) is 3.55. The zero-order valence-electron chi connectivity index (χ0n) is 27.7. The number of nitrogens with one attached hydrogen (secondary N) is 1. The van der Waals surface area contributed by atoms with Crippen LogP contribution in [0.1, 0.15) is 138 Å². The van der Waals surface area contributed by atoms with E-state index in [-0.39, 0.29) is 5.92 Å². The summed E-state index contributed by atoms with van der Waals surface area (Å²) in [4.78, 5) is 4.81. The lowest BCUT2D eigenvalue weighted by atomic mass is 9.94. The first-order chi connectivity index (χ1) is 21.4. The van der Waals surface area contributed by atoms with Crippen molar-refractivity contribution < 1.29 is 9.47 Å². The Morgan fingerprint density at radius 1 is 0.795 bits per heavy atom. The summed E-state index contributed by atoms with van der Waals surface area (Å²) in [6.07, 6.45) is 15.7. The molecule has 4 aromatic rings. The second-order valence-corrected chi connectivity index (χ2v) is 12.7. The zero-order valence-corrected chi connectivity index (χ0v) is 28.4. The molecule has 2 aromatic carbocycles. The van der Waals surface area contributed by atoms with Crippen LogP contribution in [-0.4, -0.2) is 33.0 Å². The monoisotopic (exact) mass is 620 g/mol. The molecule has 7 heteroatoms. The third-order valence-electron chi connectivity index (χ3n) is 8.47. The molecular weight excluding hydrogens is 568 g/mol. The minimum absolute atomic E-state index is 0.0693. The van der Waals surface area contributed by atoms with E-state index >= 15 is 0 Å². The molecule has 240 valence electrons. The summed E-state index contributed by atoms with van der Waals surface area (Å²) in [5.41, 5.74) is 6.28. The van der Waals surface area contributed by atoms with E-state index in [1.807, 2.05) is 6.92 Å². The summed E-state index contributed by atoms with van der Waals surface area (Å²) in [7, 11) is 0. The van der Waals surface area contributed by atoms with Crippen LogP contribution in [0.4, 0.5) is 0 Å². The molecular formula is C37H53ClN4O2. The highest BCUT2D eigenvalue weighted by Crippen LogP contribution is 2.34. The molecule has 6 nitrogen and oxygen atoms in total. The first-order valence-corrected chi connectivity index (χ1v) is 17.4. The third-order valence-corrected chi connectivity index (χ3v) is 8.92. The van der Waals surface area contributed by atoms with E-state index in [4.69, 9.17) is 31.2 Å². The van der Waals surface area contributed by atoms with Gasteiger partial charge in [0.1, 0.15) is 16.5 Å². The highest BCUT2D eigenvalue weighted by Gasteiger charge is 2.22. The van der Waals surface area contributed by atoms with Crippen LogP contribution in [0.2, 0.25) is 5.02 Å². The van der Waals surface area contributed by atoms with Gasteiger partial charge in [0.2, 0.25) is 0 Å². The lowest BCUT2D eigenvalue weighted by molar-refractivity contribution is 0.300. The highest BCUT2D eigenvalue weighted by atomic mass is 35.5. The van der Waals surface area contributed by atoms with Gasteiger partial charge in [-0.15, -0.1) is 5.10 Å². The normalized spacial score (nSPS) is 12.2. The number of unbranched alkanes of at least 4 members (excludes halogenated alkanes) is 10. The molecule has 0 radical (unpaired) electrons. The number of aromatic nitrogens is 4. The summed E-state index contributed by atoms with van der Waals surface area (Å²) in [6.45, 7) is 12.2. The van der Waals surface area contributed by atoms with Gasteiger partial charge >= 0.3 is 0 Å². The second-order valence-electron chi connectivity index (χ2n) is 12.4. The lowest BCUT2D eigenvalue weighted by Gasteiger charge is -2.18. The Balaban J connectivity index is 1.51. The fourth-order valence-corrected chi connectivity index (χ4v) is 5.92. The van der Waals surface area contributed by atoms with Crippen LogP contribution in [0.3, 0.4) is 0 Å². The van der Waals surface area contributed by atoms with Crippen molar-refractivity contribution in [1.82, 2.24) is 19.8 Å². The van der Waals surface area contributed by atoms with E-state index in [1.165, 1.54) is 80.9 Å². The smallest absolute Gasteiger partial charge is 0.194 e. The van der Waals surface area contributed by atoms with E-state index < -0.39 is 0 Å². The maximum atomic E-state index is 6.49. The molecule has 2 aromatic heterocycles. The molecule has 4 rings (SSSR count). The maximum Gasteiger partial charge on any atom is 0.194 e. The number of fused-ring (bicyclic) bond motifs is 1. The number of H-pyrrole nitrogens is 1. The Kier molecular flexibility index (Phi) is 13.5. The summed E-state index contributed by atoms with van der Waals surface area (Å²) >= 11 is 6.49. The Morgan fingerprint density at radius 3 is 2.07 bits per heavy atom. The molecule has 1 atom stereocenters. The first-order valence-electron chi connectivity index (χ1n) is 17.0. The Morgan fingerprint density at radius 2 is 1.41 bits per heavy atom. The number of nitrogens with zero attached hydrogens (tertiary/aromatic N) is 3. The van der Waals surface area contributed by atoms with Gasteiger partial charge in [0, 0.05) is 17.9 Å². The van der Waals surface area contributed by atoms with Gasteiger partial charge in [-0.2, -0.15) is 4.63 Å². The Bertz CT molecular complexity index is 1440. The number of ether oxygens (including phenoxy) is 2. The van der Waals surface area contributed by atoms with Crippen LogP contribution in [0.15, 0.2) is 36.4 Å². The quantitative estimate of drug-likeness (QED) is 0.0998. The van der Waals surface area contributed by atoms with Gasteiger partial charge in [-0.25, -0.2) is 4.98 Å². The van der Waals surface area contributed by atoms with Crippen molar-refractivity contribution in [2.75, 3.05) is 13.2 Å². The van der Waals surface area contributed by atoms with E-state index in [1.54, 1.807) is 4.63 Å². The van der Waals surface area contributed by atoms with Crippen molar-refractivity contribution in [1.29, 1.82) is 0 Å². The van der Waals surface area contributed by atoms with Gasteiger partial charge in [0.25, 0.3) is 0 Å². The van der Waals surface area contributed by atoms with Gasteiger partial charge in [-0.3, -0.25) is 5.10 Å².